The van der Waals surface area contributed by atoms with Gasteiger partial charge in [0, 0.05) is 12.1 Å². The summed E-state index contributed by atoms with van der Waals surface area (Å²) in [6.07, 6.45) is 6.29. The maximum atomic E-state index is 13.0. The lowest BCUT2D eigenvalue weighted by Crippen LogP contribution is -2.26. The van der Waals surface area contributed by atoms with Crippen LogP contribution in [0, 0.1) is 11.7 Å². The number of pyridine rings is 1. The van der Waals surface area contributed by atoms with Crippen molar-refractivity contribution in [1.29, 1.82) is 0 Å². The predicted molar refractivity (Wildman–Crippen MR) is 81.4 cm³/mol. The fourth-order valence-electron chi connectivity index (χ4n) is 2.99. The molecule has 1 aliphatic carbocycles. The van der Waals surface area contributed by atoms with Gasteiger partial charge in [-0.2, -0.15) is 5.10 Å². The van der Waals surface area contributed by atoms with E-state index >= 15 is 0 Å². The second-order valence-electron chi connectivity index (χ2n) is 5.48. The molecule has 0 aliphatic heterocycles. The standard InChI is InChI=1S/C15H15BrFN3O2/c16-12-8-20(13-6-5-9(17)7-18-13)19-14(12)10-3-1-2-4-11(10)15(21)22/h5-8,10-11H,1-4H2,(H,21,22). The van der Waals surface area contributed by atoms with Crippen LogP contribution in [0.2, 0.25) is 0 Å². The first-order chi connectivity index (χ1) is 10.6. The van der Waals surface area contributed by atoms with Gasteiger partial charge in [0.25, 0.3) is 0 Å². The Hall–Kier alpha value is -1.76. The fourth-order valence-corrected chi connectivity index (χ4v) is 3.56. The van der Waals surface area contributed by atoms with Gasteiger partial charge in [-0.1, -0.05) is 12.8 Å². The Morgan fingerprint density at radius 3 is 2.82 bits per heavy atom. The molecule has 1 saturated carbocycles. The van der Waals surface area contributed by atoms with Crippen molar-refractivity contribution in [3.63, 3.8) is 0 Å². The molecule has 2 aromatic heterocycles. The van der Waals surface area contributed by atoms with Crippen LogP contribution in [0.4, 0.5) is 4.39 Å². The Morgan fingerprint density at radius 2 is 2.14 bits per heavy atom. The Kier molecular flexibility index (Phi) is 4.24. The molecule has 0 spiro atoms. The normalized spacial score (nSPS) is 21.7. The van der Waals surface area contributed by atoms with Crippen molar-refractivity contribution in [3.8, 4) is 5.82 Å². The average Bonchev–Trinajstić information content (AvgIpc) is 2.89. The van der Waals surface area contributed by atoms with Gasteiger partial charge in [0.2, 0.25) is 0 Å². The molecule has 0 amide bonds. The van der Waals surface area contributed by atoms with Crippen LogP contribution in [0.1, 0.15) is 37.3 Å². The van der Waals surface area contributed by atoms with Gasteiger partial charge >= 0.3 is 5.97 Å². The zero-order valence-corrected chi connectivity index (χ0v) is 13.3. The molecule has 2 atom stereocenters. The molecule has 22 heavy (non-hydrogen) atoms. The summed E-state index contributed by atoms with van der Waals surface area (Å²) < 4.78 is 15.3. The molecule has 1 fully saturated rings. The molecule has 3 rings (SSSR count). The molecule has 2 unspecified atom stereocenters. The highest BCUT2D eigenvalue weighted by Gasteiger charge is 2.34. The van der Waals surface area contributed by atoms with E-state index in [-0.39, 0.29) is 5.92 Å². The number of hydrogen-bond donors (Lipinski definition) is 1. The first kappa shape index (κ1) is 15.1. The number of nitrogens with zero attached hydrogens (tertiary/aromatic N) is 3. The highest BCUT2D eigenvalue weighted by Crippen LogP contribution is 2.40. The third-order valence-electron chi connectivity index (χ3n) is 4.08. The minimum Gasteiger partial charge on any atom is -0.481 e. The molecule has 1 aliphatic rings. The minimum atomic E-state index is -0.772. The summed E-state index contributed by atoms with van der Waals surface area (Å²) >= 11 is 3.46. The number of carboxylic acids is 1. The minimum absolute atomic E-state index is 0.109. The van der Waals surface area contributed by atoms with E-state index in [0.29, 0.717) is 12.2 Å². The van der Waals surface area contributed by atoms with E-state index in [1.807, 2.05) is 0 Å². The predicted octanol–water partition coefficient (Wildman–Crippen LogP) is 3.53. The smallest absolute Gasteiger partial charge is 0.307 e. The highest BCUT2D eigenvalue weighted by molar-refractivity contribution is 9.10. The molecular formula is C15H15BrFN3O2. The molecule has 0 aromatic carbocycles. The van der Waals surface area contributed by atoms with E-state index in [1.165, 1.54) is 12.1 Å². The van der Waals surface area contributed by atoms with E-state index in [4.69, 9.17) is 0 Å². The van der Waals surface area contributed by atoms with Gasteiger partial charge in [-0.05, 0) is 40.9 Å². The van der Waals surface area contributed by atoms with Crippen molar-refractivity contribution in [1.82, 2.24) is 14.8 Å². The lowest BCUT2D eigenvalue weighted by Gasteiger charge is -2.27. The van der Waals surface area contributed by atoms with Crippen LogP contribution < -0.4 is 0 Å². The van der Waals surface area contributed by atoms with Crippen LogP contribution in [-0.2, 0) is 4.79 Å². The van der Waals surface area contributed by atoms with Crippen molar-refractivity contribution >= 4 is 21.9 Å². The molecule has 0 bridgehead atoms. The second kappa shape index (κ2) is 6.16. The van der Waals surface area contributed by atoms with Crippen LogP contribution in [-0.4, -0.2) is 25.8 Å². The number of hydrogen-bond acceptors (Lipinski definition) is 3. The number of carbonyl (C=O) groups is 1. The van der Waals surface area contributed by atoms with Crippen LogP contribution in [0.15, 0.2) is 29.0 Å². The van der Waals surface area contributed by atoms with E-state index in [0.717, 1.165) is 35.6 Å². The maximum absolute atomic E-state index is 13.0. The van der Waals surface area contributed by atoms with E-state index < -0.39 is 17.7 Å². The van der Waals surface area contributed by atoms with Crippen LogP contribution in [0.25, 0.3) is 5.82 Å². The largest absolute Gasteiger partial charge is 0.481 e. The summed E-state index contributed by atoms with van der Waals surface area (Å²) in [5.74, 6) is -1.20. The fraction of sp³-hybridized carbons (Fsp3) is 0.400. The van der Waals surface area contributed by atoms with Gasteiger partial charge in [-0.25, -0.2) is 14.1 Å². The van der Waals surface area contributed by atoms with Crippen molar-refractivity contribution < 1.29 is 14.3 Å². The Bertz CT molecular complexity index is 687. The third kappa shape index (κ3) is 2.90. The lowest BCUT2D eigenvalue weighted by atomic mass is 9.77. The van der Waals surface area contributed by atoms with Crippen LogP contribution in [0.5, 0.6) is 0 Å². The Labute approximate surface area is 135 Å². The van der Waals surface area contributed by atoms with Gasteiger partial charge in [0.05, 0.1) is 22.3 Å². The summed E-state index contributed by atoms with van der Waals surface area (Å²) in [4.78, 5) is 15.5. The molecule has 2 heterocycles. The second-order valence-corrected chi connectivity index (χ2v) is 6.33. The van der Waals surface area contributed by atoms with Crippen molar-refractivity contribution in [2.24, 2.45) is 5.92 Å². The first-order valence-electron chi connectivity index (χ1n) is 7.16. The molecule has 1 N–H and O–H groups in total. The molecular weight excluding hydrogens is 353 g/mol. The van der Waals surface area contributed by atoms with Crippen LogP contribution in [0.3, 0.4) is 0 Å². The van der Waals surface area contributed by atoms with Gasteiger partial charge < -0.3 is 5.11 Å². The Morgan fingerprint density at radius 1 is 1.36 bits per heavy atom. The first-order valence-corrected chi connectivity index (χ1v) is 7.95. The van der Waals surface area contributed by atoms with E-state index in [2.05, 4.69) is 26.0 Å². The van der Waals surface area contributed by atoms with Crippen molar-refractivity contribution in [3.05, 3.63) is 40.5 Å². The zero-order chi connectivity index (χ0) is 15.7. The molecule has 116 valence electrons. The molecule has 5 nitrogen and oxygen atoms in total. The van der Waals surface area contributed by atoms with Gasteiger partial charge in [0.15, 0.2) is 5.82 Å². The topological polar surface area (TPSA) is 68.0 Å². The quantitative estimate of drug-likeness (QED) is 0.900. The van der Waals surface area contributed by atoms with Crippen molar-refractivity contribution in [2.75, 3.05) is 0 Å². The van der Waals surface area contributed by atoms with Gasteiger partial charge in [-0.3, -0.25) is 4.79 Å². The number of halogens is 2. The monoisotopic (exact) mass is 367 g/mol. The summed E-state index contributed by atoms with van der Waals surface area (Å²) in [6, 6.07) is 2.85. The summed E-state index contributed by atoms with van der Waals surface area (Å²) in [5.41, 5.74) is 0.734. The number of rotatable bonds is 3. The zero-order valence-electron chi connectivity index (χ0n) is 11.7. The molecule has 7 heteroatoms. The van der Waals surface area contributed by atoms with Crippen LogP contribution >= 0.6 is 15.9 Å². The molecule has 2 aromatic rings. The van der Waals surface area contributed by atoms with Crippen molar-refractivity contribution in [2.45, 2.75) is 31.6 Å². The number of aliphatic carboxylic acids is 1. The van der Waals surface area contributed by atoms with Gasteiger partial charge in [0.1, 0.15) is 5.82 Å². The summed E-state index contributed by atoms with van der Waals surface area (Å²) in [5, 5.41) is 13.9. The van der Waals surface area contributed by atoms with E-state index in [9.17, 15) is 14.3 Å². The molecule has 0 radical (unpaired) electrons. The van der Waals surface area contributed by atoms with E-state index in [1.54, 1.807) is 10.9 Å². The summed E-state index contributed by atoms with van der Waals surface area (Å²) in [6.45, 7) is 0. The third-order valence-corrected chi connectivity index (χ3v) is 4.69. The average molecular weight is 368 g/mol. The Balaban J connectivity index is 1.94. The maximum Gasteiger partial charge on any atom is 0.307 e. The van der Waals surface area contributed by atoms with Gasteiger partial charge in [-0.15, -0.1) is 0 Å². The number of carboxylic acid groups (broad SMARTS) is 1. The SMILES string of the molecule is O=C(O)C1CCCCC1c1nn(-c2ccc(F)cn2)cc1Br. The lowest BCUT2D eigenvalue weighted by molar-refractivity contribution is -0.143. The highest BCUT2D eigenvalue weighted by atomic mass is 79.9. The summed E-state index contributed by atoms with van der Waals surface area (Å²) in [7, 11) is 0. The number of aromatic nitrogens is 3. The molecule has 0 saturated heterocycles.